The molecule has 3 nitrogen and oxygen atoms in total. The summed E-state index contributed by atoms with van der Waals surface area (Å²) in [7, 11) is 0. The van der Waals surface area contributed by atoms with Crippen LogP contribution in [0.4, 0.5) is 27.9 Å². The number of hydrogen-bond acceptors (Lipinski definition) is 3. The summed E-state index contributed by atoms with van der Waals surface area (Å²) in [6.45, 7) is -0.637. The van der Waals surface area contributed by atoms with Crippen LogP contribution in [0.3, 0.4) is 0 Å². The molecule has 11 heteroatoms. The molecule has 0 N–H and O–H groups in total. The van der Waals surface area contributed by atoms with Gasteiger partial charge in [0.15, 0.2) is 0 Å². The van der Waals surface area contributed by atoms with Crippen LogP contribution >= 0.6 is 34.8 Å². The molecular formula is C16H11Cl3F5N3. The Morgan fingerprint density at radius 2 is 1.74 bits per heavy atom. The second-order valence-electron chi connectivity index (χ2n) is 6.09. The Balaban J connectivity index is 2.03. The zero-order valence-electron chi connectivity index (χ0n) is 13.4. The maximum atomic E-state index is 14.1. The Kier molecular flexibility index (Phi) is 5.44. The van der Waals surface area contributed by atoms with Gasteiger partial charge in [-0.1, -0.05) is 34.8 Å². The molecule has 1 saturated heterocycles. The zero-order valence-corrected chi connectivity index (χ0v) is 15.6. The average molecular weight is 447 g/mol. The SMILES string of the molecule is FC(F)c1ccnc(N2CCC(c3cc(Cl)c(Cl)c(Cl)c3)(C(F)(F)F)C2)n1. The van der Waals surface area contributed by atoms with E-state index in [2.05, 4.69) is 9.97 Å². The van der Waals surface area contributed by atoms with Crippen LogP contribution in [0.15, 0.2) is 24.4 Å². The summed E-state index contributed by atoms with van der Waals surface area (Å²) in [5.41, 5.74) is -3.02. The highest BCUT2D eigenvalue weighted by molar-refractivity contribution is 6.48. The highest BCUT2D eigenvalue weighted by Crippen LogP contribution is 2.50. The van der Waals surface area contributed by atoms with E-state index in [4.69, 9.17) is 34.8 Å². The van der Waals surface area contributed by atoms with Gasteiger partial charge in [0.25, 0.3) is 6.43 Å². The smallest absolute Gasteiger partial charge is 0.340 e. The number of aromatic nitrogens is 2. The van der Waals surface area contributed by atoms with Crippen molar-refractivity contribution < 1.29 is 22.0 Å². The first-order valence-corrected chi connectivity index (χ1v) is 8.76. The van der Waals surface area contributed by atoms with Crippen LogP contribution in [0, 0.1) is 0 Å². The molecule has 1 aliphatic rings. The zero-order chi connectivity index (χ0) is 20.0. The lowest BCUT2D eigenvalue weighted by atomic mass is 9.79. The Labute approximate surface area is 166 Å². The van der Waals surface area contributed by atoms with Gasteiger partial charge < -0.3 is 4.90 Å². The van der Waals surface area contributed by atoms with Gasteiger partial charge >= 0.3 is 6.18 Å². The van der Waals surface area contributed by atoms with E-state index in [0.29, 0.717) is 0 Å². The van der Waals surface area contributed by atoms with Crippen LogP contribution in [-0.2, 0) is 5.41 Å². The lowest BCUT2D eigenvalue weighted by Gasteiger charge is -2.32. The minimum Gasteiger partial charge on any atom is -0.340 e. The van der Waals surface area contributed by atoms with Gasteiger partial charge in [0.05, 0.1) is 15.1 Å². The fourth-order valence-electron chi connectivity index (χ4n) is 3.08. The number of benzene rings is 1. The minimum atomic E-state index is -4.65. The molecule has 0 bridgehead atoms. The predicted molar refractivity (Wildman–Crippen MR) is 93.0 cm³/mol. The van der Waals surface area contributed by atoms with Crippen molar-refractivity contribution in [3.05, 3.63) is 50.7 Å². The average Bonchev–Trinajstić information content (AvgIpc) is 3.06. The quantitative estimate of drug-likeness (QED) is 0.422. The molecule has 146 valence electrons. The molecule has 1 aromatic carbocycles. The Hall–Kier alpha value is -1.38. The maximum absolute atomic E-state index is 14.1. The van der Waals surface area contributed by atoms with E-state index in [0.717, 1.165) is 24.4 Å². The van der Waals surface area contributed by atoms with Gasteiger partial charge in [0.1, 0.15) is 11.1 Å². The summed E-state index contributed by atoms with van der Waals surface area (Å²) in [4.78, 5) is 8.72. The second kappa shape index (κ2) is 7.22. The van der Waals surface area contributed by atoms with Crippen molar-refractivity contribution in [1.82, 2.24) is 9.97 Å². The third-order valence-corrected chi connectivity index (χ3v) is 5.72. The van der Waals surface area contributed by atoms with Gasteiger partial charge in [-0.25, -0.2) is 18.7 Å². The van der Waals surface area contributed by atoms with Gasteiger partial charge in [-0.3, -0.25) is 0 Å². The van der Waals surface area contributed by atoms with Crippen LogP contribution < -0.4 is 4.90 Å². The highest BCUT2D eigenvalue weighted by Gasteiger charge is 2.59. The van der Waals surface area contributed by atoms with E-state index in [-0.39, 0.29) is 39.5 Å². The molecule has 0 saturated carbocycles. The Morgan fingerprint density at radius 3 is 2.30 bits per heavy atom. The third kappa shape index (κ3) is 3.67. The first kappa shape index (κ1) is 20.4. The molecule has 0 radical (unpaired) electrons. The predicted octanol–water partition coefficient (Wildman–Crippen LogP) is 6.08. The number of alkyl halides is 5. The summed E-state index contributed by atoms with van der Waals surface area (Å²) < 4.78 is 67.8. The lowest BCUT2D eigenvalue weighted by Crippen LogP contribution is -2.45. The summed E-state index contributed by atoms with van der Waals surface area (Å²) in [5, 5.41) is -0.239. The van der Waals surface area contributed by atoms with Crippen LogP contribution in [0.5, 0.6) is 0 Å². The van der Waals surface area contributed by atoms with Gasteiger partial charge in [0, 0.05) is 19.3 Å². The summed E-state index contributed by atoms with van der Waals surface area (Å²) >= 11 is 17.7. The molecule has 1 aliphatic heterocycles. The molecule has 0 spiro atoms. The maximum Gasteiger partial charge on any atom is 0.400 e. The van der Waals surface area contributed by atoms with Gasteiger partial charge in [-0.2, -0.15) is 13.2 Å². The molecule has 0 amide bonds. The lowest BCUT2D eigenvalue weighted by molar-refractivity contribution is -0.184. The number of anilines is 1. The van der Waals surface area contributed by atoms with Crippen LogP contribution in [0.2, 0.25) is 15.1 Å². The van der Waals surface area contributed by atoms with Crippen molar-refractivity contribution in [2.45, 2.75) is 24.4 Å². The van der Waals surface area contributed by atoms with Crippen molar-refractivity contribution in [3.8, 4) is 0 Å². The summed E-state index contributed by atoms with van der Waals surface area (Å²) in [5.74, 6) is -0.190. The van der Waals surface area contributed by atoms with Gasteiger partial charge in [0.2, 0.25) is 5.95 Å². The fourth-order valence-corrected chi connectivity index (χ4v) is 3.67. The standard InChI is InChI=1S/C16H11Cl3F5N3/c17-9-5-8(6-10(18)12(9)19)15(16(22,23)24)2-4-27(7-15)14-25-3-1-11(26-14)13(20)21/h1,3,5-6,13H,2,4,7H2. The monoisotopic (exact) mass is 445 g/mol. The summed E-state index contributed by atoms with van der Waals surface area (Å²) in [6.07, 6.45) is -6.75. The molecule has 2 aromatic rings. The molecule has 0 aliphatic carbocycles. The number of hydrogen-bond donors (Lipinski definition) is 0. The van der Waals surface area contributed by atoms with Crippen LogP contribution in [0.25, 0.3) is 0 Å². The van der Waals surface area contributed by atoms with E-state index in [1.54, 1.807) is 0 Å². The topological polar surface area (TPSA) is 29.0 Å². The second-order valence-corrected chi connectivity index (χ2v) is 7.28. The Bertz CT molecular complexity index is 838. The van der Waals surface area contributed by atoms with E-state index in [1.807, 2.05) is 0 Å². The molecule has 1 fully saturated rings. The first-order valence-electron chi connectivity index (χ1n) is 7.63. The van der Waals surface area contributed by atoms with Gasteiger partial charge in [-0.15, -0.1) is 0 Å². The highest BCUT2D eigenvalue weighted by atomic mass is 35.5. The van der Waals surface area contributed by atoms with Crippen molar-refractivity contribution in [2.24, 2.45) is 0 Å². The molecule has 1 atom stereocenters. The third-order valence-electron chi connectivity index (χ3n) is 4.52. The fraction of sp³-hybridized carbons (Fsp3) is 0.375. The van der Waals surface area contributed by atoms with Crippen molar-refractivity contribution >= 4 is 40.8 Å². The van der Waals surface area contributed by atoms with Gasteiger partial charge in [-0.05, 0) is 30.2 Å². The largest absolute Gasteiger partial charge is 0.400 e. The van der Waals surface area contributed by atoms with Crippen molar-refractivity contribution in [3.63, 3.8) is 0 Å². The number of rotatable bonds is 3. The Morgan fingerprint density at radius 1 is 1.11 bits per heavy atom. The molecule has 1 aromatic heterocycles. The van der Waals surface area contributed by atoms with E-state index >= 15 is 0 Å². The van der Waals surface area contributed by atoms with Crippen LogP contribution in [0.1, 0.15) is 24.1 Å². The molecular weight excluding hydrogens is 436 g/mol. The molecule has 2 heterocycles. The van der Waals surface area contributed by atoms with Crippen LogP contribution in [-0.4, -0.2) is 29.2 Å². The number of nitrogens with zero attached hydrogens (tertiary/aromatic N) is 3. The van der Waals surface area contributed by atoms with E-state index in [9.17, 15) is 22.0 Å². The van der Waals surface area contributed by atoms with Crippen molar-refractivity contribution in [1.29, 1.82) is 0 Å². The van der Waals surface area contributed by atoms with E-state index < -0.39 is 30.3 Å². The first-order chi connectivity index (χ1) is 12.5. The number of halogens is 8. The minimum absolute atomic E-state index is 0.0396. The molecule has 27 heavy (non-hydrogen) atoms. The summed E-state index contributed by atoms with van der Waals surface area (Å²) in [6, 6.07) is 3.27. The van der Waals surface area contributed by atoms with E-state index in [1.165, 1.54) is 4.90 Å². The molecule has 1 unspecified atom stereocenters. The van der Waals surface area contributed by atoms with Crippen molar-refractivity contribution in [2.75, 3.05) is 18.0 Å². The molecule has 3 rings (SSSR count). The normalized spacial score (nSPS) is 20.6.